The number of hydrogen-bond acceptors (Lipinski definition) is 9. The molecule has 2 N–H and O–H groups in total. The summed E-state index contributed by atoms with van der Waals surface area (Å²) >= 11 is 0. The Balaban J connectivity index is 2.01. The van der Waals surface area contributed by atoms with Gasteiger partial charge in [0, 0.05) is 7.05 Å². The second-order valence-corrected chi connectivity index (χ2v) is 8.35. The molecule has 11 heteroatoms. The maximum absolute atomic E-state index is 13.0. The van der Waals surface area contributed by atoms with Gasteiger partial charge in [0.15, 0.2) is 0 Å². The first kappa shape index (κ1) is 27.9. The van der Waals surface area contributed by atoms with E-state index in [9.17, 15) is 34.2 Å². The molecule has 0 bridgehead atoms. The van der Waals surface area contributed by atoms with Crippen molar-refractivity contribution in [2.24, 2.45) is 5.41 Å². The first-order valence-corrected chi connectivity index (χ1v) is 11.5. The molecule has 0 saturated carbocycles. The van der Waals surface area contributed by atoms with E-state index in [1.165, 1.54) is 31.3 Å². The van der Waals surface area contributed by atoms with Crippen molar-refractivity contribution < 1.29 is 43.7 Å². The molecule has 1 aliphatic heterocycles. The van der Waals surface area contributed by atoms with E-state index in [2.05, 4.69) is 0 Å². The number of amides is 4. The van der Waals surface area contributed by atoms with Crippen LogP contribution in [-0.2, 0) is 19.1 Å². The lowest BCUT2D eigenvalue weighted by Crippen LogP contribution is -2.65. The van der Waals surface area contributed by atoms with E-state index in [4.69, 9.17) is 9.47 Å². The molecule has 2 unspecified atom stereocenters. The molecule has 1 aromatic carbocycles. The quantitative estimate of drug-likeness (QED) is 0.345. The summed E-state index contributed by atoms with van der Waals surface area (Å²) < 4.78 is 10.1. The first-order chi connectivity index (χ1) is 16.5. The molecule has 0 aromatic heterocycles. The van der Waals surface area contributed by atoms with Crippen LogP contribution in [0.4, 0.5) is 4.79 Å². The number of β-amino-alcohol motifs (C(OH)–C–C–N with tert-alkyl or cyclic N) is 1. The van der Waals surface area contributed by atoms with Crippen molar-refractivity contribution in [3.8, 4) is 0 Å². The number of carbonyl (C=O) groups excluding carboxylic acids is 5. The number of rotatable bonds is 11. The van der Waals surface area contributed by atoms with Gasteiger partial charge in [0.2, 0.25) is 11.8 Å². The van der Waals surface area contributed by atoms with Crippen molar-refractivity contribution in [3.05, 3.63) is 35.4 Å². The third-order valence-electron chi connectivity index (χ3n) is 6.11. The largest absolute Gasteiger partial charge is 0.459 e. The standard InChI is InChI=1S/C24H32N2O9/c1-5-17(27)13-34-19(29)15-9-8-10-16(11-15)20(30)35-14-18(28)12-26-22(32)24(6-2,7-3)21(31)25(4)23(26)33/h8-11,17-18,27-28H,5-7,12-14H2,1-4H3. The van der Waals surface area contributed by atoms with Crippen LogP contribution in [0, 0.1) is 5.41 Å². The van der Waals surface area contributed by atoms with Gasteiger partial charge in [-0.05, 0) is 37.5 Å². The van der Waals surface area contributed by atoms with Gasteiger partial charge in [0.1, 0.15) is 24.7 Å². The van der Waals surface area contributed by atoms with E-state index >= 15 is 0 Å². The number of imide groups is 2. The van der Waals surface area contributed by atoms with Gasteiger partial charge >= 0.3 is 18.0 Å². The number of hydrogen-bond donors (Lipinski definition) is 2. The molecule has 2 atom stereocenters. The third-order valence-corrected chi connectivity index (χ3v) is 6.11. The molecule has 1 aromatic rings. The number of nitrogens with zero attached hydrogens (tertiary/aromatic N) is 2. The number of benzene rings is 1. The molecule has 1 aliphatic rings. The zero-order chi connectivity index (χ0) is 26.3. The smallest absolute Gasteiger partial charge is 0.338 e. The number of ether oxygens (including phenoxy) is 2. The van der Waals surface area contributed by atoms with Crippen LogP contribution in [-0.4, -0.2) is 88.8 Å². The van der Waals surface area contributed by atoms with Crippen LogP contribution in [0.25, 0.3) is 0 Å². The zero-order valence-corrected chi connectivity index (χ0v) is 20.4. The van der Waals surface area contributed by atoms with Crippen LogP contribution < -0.4 is 0 Å². The zero-order valence-electron chi connectivity index (χ0n) is 20.4. The minimum Gasteiger partial charge on any atom is -0.459 e. The lowest BCUT2D eigenvalue weighted by atomic mass is 9.78. The van der Waals surface area contributed by atoms with Crippen LogP contribution in [0.5, 0.6) is 0 Å². The van der Waals surface area contributed by atoms with Gasteiger partial charge in [0.05, 0.1) is 23.8 Å². The van der Waals surface area contributed by atoms with Gasteiger partial charge < -0.3 is 19.7 Å². The Morgan fingerprint density at radius 2 is 1.43 bits per heavy atom. The summed E-state index contributed by atoms with van der Waals surface area (Å²) in [5.74, 6) is -2.84. The predicted octanol–water partition coefficient (Wildman–Crippen LogP) is 1.36. The number of barbiturate groups is 1. The van der Waals surface area contributed by atoms with E-state index in [1.54, 1.807) is 20.8 Å². The Kier molecular flexibility index (Phi) is 9.49. The molecule has 0 aliphatic carbocycles. The summed E-state index contributed by atoms with van der Waals surface area (Å²) in [6.07, 6.45) is -1.39. The molecule has 1 fully saturated rings. The highest BCUT2D eigenvalue weighted by Gasteiger charge is 2.54. The van der Waals surface area contributed by atoms with Gasteiger partial charge in [-0.3, -0.25) is 19.4 Å². The highest BCUT2D eigenvalue weighted by molar-refractivity contribution is 6.18. The van der Waals surface area contributed by atoms with Gasteiger partial charge in [0.25, 0.3) is 0 Å². The van der Waals surface area contributed by atoms with Gasteiger partial charge in [-0.15, -0.1) is 0 Å². The van der Waals surface area contributed by atoms with E-state index in [-0.39, 0.29) is 30.6 Å². The fraction of sp³-hybridized carbons (Fsp3) is 0.542. The Hall–Kier alpha value is -3.31. The molecule has 0 radical (unpaired) electrons. The van der Waals surface area contributed by atoms with E-state index < -0.39 is 60.6 Å². The normalized spacial score (nSPS) is 17.3. The Labute approximate surface area is 203 Å². The summed E-state index contributed by atoms with van der Waals surface area (Å²) in [6.45, 7) is 3.92. The summed E-state index contributed by atoms with van der Waals surface area (Å²) in [5.41, 5.74) is -1.29. The van der Waals surface area contributed by atoms with Crippen molar-refractivity contribution in [2.45, 2.75) is 52.2 Å². The Morgan fingerprint density at radius 1 is 0.914 bits per heavy atom. The highest BCUT2D eigenvalue weighted by Crippen LogP contribution is 2.35. The molecule has 0 spiro atoms. The second-order valence-electron chi connectivity index (χ2n) is 8.35. The van der Waals surface area contributed by atoms with Gasteiger partial charge in [-0.2, -0.15) is 0 Å². The molecule has 1 heterocycles. The molecule has 2 rings (SSSR count). The summed E-state index contributed by atoms with van der Waals surface area (Å²) in [7, 11) is 1.28. The minimum atomic E-state index is -1.40. The number of aliphatic hydroxyl groups excluding tert-OH is 2. The van der Waals surface area contributed by atoms with Crippen molar-refractivity contribution in [3.63, 3.8) is 0 Å². The minimum absolute atomic E-state index is 0.0223. The fourth-order valence-corrected chi connectivity index (χ4v) is 3.71. The van der Waals surface area contributed by atoms with E-state index in [0.29, 0.717) is 6.42 Å². The highest BCUT2D eigenvalue weighted by atomic mass is 16.5. The van der Waals surface area contributed by atoms with Crippen molar-refractivity contribution >= 4 is 29.8 Å². The molecule has 35 heavy (non-hydrogen) atoms. The summed E-state index contributed by atoms with van der Waals surface area (Å²) in [6, 6.07) is 4.69. The van der Waals surface area contributed by atoms with Gasteiger partial charge in [-0.1, -0.05) is 26.8 Å². The number of aliphatic hydroxyl groups is 2. The number of carbonyl (C=O) groups is 5. The van der Waals surface area contributed by atoms with Crippen molar-refractivity contribution in [1.82, 2.24) is 9.80 Å². The maximum Gasteiger partial charge on any atom is 0.338 e. The van der Waals surface area contributed by atoms with Crippen molar-refractivity contribution in [2.75, 3.05) is 26.8 Å². The molecular weight excluding hydrogens is 460 g/mol. The number of urea groups is 1. The Bertz CT molecular complexity index is 973. The predicted molar refractivity (Wildman–Crippen MR) is 122 cm³/mol. The summed E-state index contributed by atoms with van der Waals surface area (Å²) in [4.78, 5) is 64.3. The molecule has 1 saturated heterocycles. The van der Waals surface area contributed by atoms with E-state index in [0.717, 1.165) is 9.80 Å². The van der Waals surface area contributed by atoms with Crippen LogP contribution in [0.15, 0.2) is 24.3 Å². The topological polar surface area (TPSA) is 151 Å². The van der Waals surface area contributed by atoms with Crippen LogP contribution >= 0.6 is 0 Å². The van der Waals surface area contributed by atoms with Crippen molar-refractivity contribution in [1.29, 1.82) is 0 Å². The molecular formula is C24H32N2O9. The maximum atomic E-state index is 13.0. The number of esters is 2. The van der Waals surface area contributed by atoms with E-state index in [1.807, 2.05) is 0 Å². The monoisotopic (exact) mass is 492 g/mol. The fourth-order valence-electron chi connectivity index (χ4n) is 3.71. The SMILES string of the molecule is CCC(O)COC(=O)c1cccc(C(=O)OCC(O)CN2C(=O)N(C)C(=O)C(CC)(CC)C2=O)c1. The van der Waals surface area contributed by atoms with Gasteiger partial charge in [-0.25, -0.2) is 14.4 Å². The summed E-state index contributed by atoms with van der Waals surface area (Å²) in [5, 5.41) is 19.9. The van der Waals surface area contributed by atoms with Crippen LogP contribution in [0.3, 0.4) is 0 Å². The average Bonchev–Trinajstić information content (AvgIpc) is 2.87. The Morgan fingerprint density at radius 3 is 1.91 bits per heavy atom. The van der Waals surface area contributed by atoms with Crippen LogP contribution in [0.1, 0.15) is 60.7 Å². The molecule has 192 valence electrons. The average molecular weight is 493 g/mol. The lowest BCUT2D eigenvalue weighted by molar-refractivity contribution is -0.159. The first-order valence-electron chi connectivity index (χ1n) is 11.5. The second kappa shape index (κ2) is 11.9. The third kappa shape index (κ3) is 6.04. The van der Waals surface area contributed by atoms with Crippen LogP contribution in [0.2, 0.25) is 0 Å². The lowest BCUT2D eigenvalue weighted by Gasteiger charge is -2.42. The molecule has 4 amide bonds. The molecule has 11 nitrogen and oxygen atoms in total.